The Balaban J connectivity index is 1.76. The molecule has 104 valence electrons. The molecule has 1 aromatic carbocycles. The first-order valence-electron chi connectivity index (χ1n) is 6.72. The van der Waals surface area contributed by atoms with Crippen LogP contribution in [0.3, 0.4) is 0 Å². The van der Waals surface area contributed by atoms with Gasteiger partial charge in [0.25, 0.3) is 0 Å². The Morgan fingerprint density at radius 1 is 1.45 bits per heavy atom. The highest BCUT2D eigenvalue weighted by molar-refractivity contribution is 5.80. The number of benzene rings is 1. The van der Waals surface area contributed by atoms with Gasteiger partial charge in [0.05, 0.1) is 12.1 Å². The molecule has 0 bridgehead atoms. The van der Waals surface area contributed by atoms with Crippen molar-refractivity contribution in [1.29, 1.82) is 0 Å². The van der Waals surface area contributed by atoms with Crippen LogP contribution in [0.5, 0.6) is 0 Å². The van der Waals surface area contributed by atoms with E-state index in [4.69, 9.17) is 0 Å². The molecule has 0 fully saturated rings. The molecular weight excluding hydrogens is 254 g/mol. The fourth-order valence-corrected chi connectivity index (χ4v) is 2.65. The van der Waals surface area contributed by atoms with Gasteiger partial charge in [-0.25, -0.2) is 0 Å². The van der Waals surface area contributed by atoms with Gasteiger partial charge in [-0.1, -0.05) is 24.3 Å². The van der Waals surface area contributed by atoms with Crippen molar-refractivity contribution < 1.29 is 9.90 Å². The van der Waals surface area contributed by atoms with Crippen LogP contribution in [-0.2, 0) is 11.2 Å². The van der Waals surface area contributed by atoms with Gasteiger partial charge >= 0.3 is 0 Å². The number of rotatable bonds is 3. The van der Waals surface area contributed by atoms with Gasteiger partial charge in [-0.3, -0.25) is 9.48 Å². The van der Waals surface area contributed by atoms with E-state index >= 15 is 0 Å². The van der Waals surface area contributed by atoms with Crippen LogP contribution in [0.2, 0.25) is 0 Å². The Labute approximate surface area is 117 Å². The van der Waals surface area contributed by atoms with E-state index in [0.717, 1.165) is 11.1 Å². The minimum atomic E-state index is -0.568. The number of aromatic nitrogens is 2. The molecule has 1 amide bonds. The summed E-state index contributed by atoms with van der Waals surface area (Å²) in [6.45, 7) is 1.79. The lowest BCUT2D eigenvalue weighted by molar-refractivity contribution is -0.125. The lowest BCUT2D eigenvalue weighted by Gasteiger charge is -2.20. The van der Waals surface area contributed by atoms with Crippen LogP contribution in [0.15, 0.2) is 42.7 Å². The van der Waals surface area contributed by atoms with Crippen LogP contribution in [-0.4, -0.2) is 26.9 Å². The van der Waals surface area contributed by atoms with E-state index in [1.807, 2.05) is 24.3 Å². The first-order chi connectivity index (χ1) is 9.66. The predicted octanol–water partition coefficient (Wildman–Crippen LogP) is 1.22. The summed E-state index contributed by atoms with van der Waals surface area (Å²) >= 11 is 0. The lowest BCUT2D eigenvalue weighted by atomic mass is 10.1. The Kier molecular flexibility index (Phi) is 3.28. The molecule has 3 atom stereocenters. The van der Waals surface area contributed by atoms with E-state index in [9.17, 15) is 9.90 Å². The lowest BCUT2D eigenvalue weighted by Crippen LogP contribution is -2.38. The third-order valence-corrected chi connectivity index (χ3v) is 3.80. The number of aliphatic hydroxyl groups excluding tert-OH is 1. The molecule has 0 radical (unpaired) electrons. The molecule has 3 rings (SSSR count). The molecule has 5 nitrogen and oxygen atoms in total. The maximum absolute atomic E-state index is 12.3. The molecule has 0 saturated heterocycles. The zero-order valence-electron chi connectivity index (χ0n) is 11.2. The molecule has 1 unspecified atom stereocenters. The van der Waals surface area contributed by atoms with Crippen LogP contribution >= 0.6 is 0 Å². The van der Waals surface area contributed by atoms with Crippen molar-refractivity contribution in [3.63, 3.8) is 0 Å². The molecular formula is C15H17N3O2. The summed E-state index contributed by atoms with van der Waals surface area (Å²) in [6, 6.07) is 8.86. The number of hydrogen-bond acceptors (Lipinski definition) is 3. The Morgan fingerprint density at radius 3 is 3.00 bits per heavy atom. The fourth-order valence-electron chi connectivity index (χ4n) is 2.65. The summed E-state index contributed by atoms with van der Waals surface area (Å²) in [5.41, 5.74) is 2.10. The molecule has 0 saturated carbocycles. The Hall–Kier alpha value is -2.14. The second kappa shape index (κ2) is 5.09. The van der Waals surface area contributed by atoms with Crippen LogP contribution < -0.4 is 5.32 Å². The first-order valence-corrected chi connectivity index (χ1v) is 6.72. The Morgan fingerprint density at radius 2 is 2.25 bits per heavy atom. The molecule has 1 heterocycles. The second-order valence-electron chi connectivity index (χ2n) is 5.12. The topological polar surface area (TPSA) is 67.2 Å². The van der Waals surface area contributed by atoms with Gasteiger partial charge in [0.1, 0.15) is 6.04 Å². The maximum Gasteiger partial charge on any atom is 0.245 e. The largest absolute Gasteiger partial charge is 0.390 e. The van der Waals surface area contributed by atoms with Crippen LogP contribution in [0.1, 0.15) is 30.1 Å². The standard InChI is InChI=1S/C15H17N3O2/c1-10(18-8-4-7-16-18)15(20)17-14-12-6-3-2-5-11(12)9-13(14)19/h2-8,10,13-14,19H,9H2,1H3,(H,17,20)/t10?,13-,14+/m0/s1. The molecule has 2 N–H and O–H groups in total. The summed E-state index contributed by atoms with van der Waals surface area (Å²) in [5, 5.41) is 17.1. The smallest absolute Gasteiger partial charge is 0.245 e. The van der Waals surface area contributed by atoms with Gasteiger partial charge in [0.2, 0.25) is 5.91 Å². The van der Waals surface area contributed by atoms with Crippen molar-refractivity contribution >= 4 is 5.91 Å². The molecule has 1 aliphatic carbocycles. The molecule has 2 aromatic rings. The minimum absolute atomic E-state index is 0.144. The summed E-state index contributed by atoms with van der Waals surface area (Å²) in [6.07, 6.45) is 3.41. The summed E-state index contributed by atoms with van der Waals surface area (Å²) < 4.78 is 1.60. The van der Waals surface area contributed by atoms with E-state index in [1.54, 1.807) is 30.1 Å². The summed E-state index contributed by atoms with van der Waals surface area (Å²) in [7, 11) is 0. The number of fused-ring (bicyclic) bond motifs is 1. The van der Waals surface area contributed by atoms with E-state index in [1.165, 1.54) is 0 Å². The van der Waals surface area contributed by atoms with Crippen molar-refractivity contribution in [2.24, 2.45) is 0 Å². The van der Waals surface area contributed by atoms with E-state index in [2.05, 4.69) is 10.4 Å². The molecule has 5 heteroatoms. The normalized spacial score (nSPS) is 22.3. The van der Waals surface area contributed by atoms with Gasteiger partial charge in [0, 0.05) is 18.8 Å². The third-order valence-electron chi connectivity index (χ3n) is 3.80. The van der Waals surface area contributed by atoms with Gasteiger partial charge in [-0.2, -0.15) is 5.10 Å². The third kappa shape index (κ3) is 2.20. The van der Waals surface area contributed by atoms with Crippen LogP contribution in [0, 0.1) is 0 Å². The predicted molar refractivity (Wildman–Crippen MR) is 74.0 cm³/mol. The van der Waals surface area contributed by atoms with Gasteiger partial charge in [-0.15, -0.1) is 0 Å². The first kappa shape index (κ1) is 12.9. The number of aliphatic hydroxyl groups is 1. The SMILES string of the molecule is CC(C(=O)N[C@@H]1c2ccccc2C[C@@H]1O)n1cccn1. The van der Waals surface area contributed by atoms with Crippen molar-refractivity contribution in [2.75, 3.05) is 0 Å². The second-order valence-corrected chi connectivity index (χ2v) is 5.12. The number of hydrogen-bond donors (Lipinski definition) is 2. The van der Waals surface area contributed by atoms with E-state index in [0.29, 0.717) is 6.42 Å². The monoisotopic (exact) mass is 271 g/mol. The summed E-state index contributed by atoms with van der Waals surface area (Å²) in [5.74, 6) is -0.144. The number of carbonyl (C=O) groups is 1. The van der Waals surface area contributed by atoms with Crippen LogP contribution in [0.4, 0.5) is 0 Å². The quantitative estimate of drug-likeness (QED) is 0.882. The zero-order valence-corrected chi connectivity index (χ0v) is 11.2. The number of amides is 1. The average Bonchev–Trinajstić information content (AvgIpc) is 3.07. The van der Waals surface area contributed by atoms with Gasteiger partial charge in [0.15, 0.2) is 0 Å². The highest BCUT2D eigenvalue weighted by Crippen LogP contribution is 2.31. The minimum Gasteiger partial charge on any atom is -0.390 e. The summed E-state index contributed by atoms with van der Waals surface area (Å²) in [4.78, 5) is 12.3. The molecule has 0 aliphatic heterocycles. The Bertz CT molecular complexity index is 609. The molecule has 1 aromatic heterocycles. The van der Waals surface area contributed by atoms with E-state index in [-0.39, 0.29) is 11.9 Å². The van der Waals surface area contributed by atoms with Gasteiger partial charge < -0.3 is 10.4 Å². The number of nitrogens with one attached hydrogen (secondary N) is 1. The average molecular weight is 271 g/mol. The van der Waals surface area contributed by atoms with Crippen molar-refractivity contribution in [2.45, 2.75) is 31.5 Å². The molecule has 1 aliphatic rings. The van der Waals surface area contributed by atoms with E-state index < -0.39 is 12.1 Å². The number of nitrogens with zero attached hydrogens (tertiary/aromatic N) is 2. The van der Waals surface area contributed by atoms with Crippen molar-refractivity contribution in [3.05, 3.63) is 53.9 Å². The van der Waals surface area contributed by atoms with Crippen molar-refractivity contribution in [1.82, 2.24) is 15.1 Å². The van der Waals surface area contributed by atoms with Crippen LogP contribution in [0.25, 0.3) is 0 Å². The fraction of sp³-hybridized carbons (Fsp3) is 0.333. The maximum atomic E-state index is 12.3. The highest BCUT2D eigenvalue weighted by Gasteiger charge is 2.33. The number of carbonyl (C=O) groups excluding carboxylic acids is 1. The highest BCUT2D eigenvalue weighted by atomic mass is 16.3. The zero-order chi connectivity index (χ0) is 14.1. The molecule has 20 heavy (non-hydrogen) atoms. The van der Waals surface area contributed by atoms with Crippen molar-refractivity contribution in [3.8, 4) is 0 Å². The molecule has 0 spiro atoms. The van der Waals surface area contributed by atoms with Gasteiger partial charge in [-0.05, 0) is 24.1 Å².